The smallest absolute Gasteiger partial charge is 0.219 e. The second-order valence-corrected chi connectivity index (χ2v) is 8.01. The molecule has 28 heavy (non-hydrogen) atoms. The van der Waals surface area contributed by atoms with E-state index in [2.05, 4.69) is 19.2 Å². The molecule has 4 heteroatoms. The first-order valence-corrected chi connectivity index (χ1v) is 12.0. The van der Waals surface area contributed by atoms with Crippen LogP contribution in [0.5, 0.6) is 0 Å². The average molecular weight is 399 g/mol. The number of amides is 1. The maximum atomic E-state index is 11.7. The van der Waals surface area contributed by atoms with Gasteiger partial charge >= 0.3 is 0 Å². The lowest BCUT2D eigenvalue weighted by molar-refractivity contribution is -0.123. The number of hydrogen-bond acceptors (Lipinski definition) is 3. The lowest BCUT2D eigenvalue weighted by atomic mass is 9.96. The molecule has 0 rings (SSSR count). The minimum Gasteiger partial charge on any atom is -0.359 e. The van der Waals surface area contributed by atoms with Crippen LogP contribution in [0.2, 0.25) is 0 Å². The summed E-state index contributed by atoms with van der Waals surface area (Å²) in [6, 6.07) is 0. The van der Waals surface area contributed by atoms with Gasteiger partial charge in [-0.1, -0.05) is 85.0 Å². The Bertz CT molecular complexity index is 345. The number of unbranched alkanes of at least 4 members (excludes halogenated alkanes) is 10. The second kappa shape index (κ2) is 24.1. The SMILES string of the molecule is CCCCCCCC(=O)NC.CCCCCCCCCC(=O)C(C)CCCN. The summed E-state index contributed by atoms with van der Waals surface area (Å²) in [5, 5.41) is 2.62. The van der Waals surface area contributed by atoms with Gasteiger partial charge in [-0.2, -0.15) is 0 Å². The summed E-state index contributed by atoms with van der Waals surface area (Å²) in [5.41, 5.74) is 5.45. The number of nitrogens with two attached hydrogens (primary N) is 1. The molecule has 0 heterocycles. The van der Waals surface area contributed by atoms with Gasteiger partial charge < -0.3 is 11.1 Å². The second-order valence-electron chi connectivity index (χ2n) is 8.01. The molecule has 0 aromatic heterocycles. The van der Waals surface area contributed by atoms with Gasteiger partial charge in [0.25, 0.3) is 0 Å². The van der Waals surface area contributed by atoms with Gasteiger partial charge in [0, 0.05) is 25.8 Å². The number of carbonyl (C=O) groups is 2. The fraction of sp³-hybridized carbons (Fsp3) is 0.917. The van der Waals surface area contributed by atoms with Crippen molar-refractivity contribution in [2.75, 3.05) is 13.6 Å². The third kappa shape index (κ3) is 23.1. The predicted octanol–water partition coefficient (Wildman–Crippen LogP) is 6.16. The molecule has 4 nitrogen and oxygen atoms in total. The zero-order valence-electron chi connectivity index (χ0n) is 19.5. The first-order valence-electron chi connectivity index (χ1n) is 12.0. The molecule has 0 aromatic rings. The van der Waals surface area contributed by atoms with E-state index in [0.29, 0.717) is 18.7 Å². The maximum absolute atomic E-state index is 11.7. The fourth-order valence-electron chi connectivity index (χ4n) is 3.10. The molecule has 168 valence electrons. The van der Waals surface area contributed by atoms with E-state index in [-0.39, 0.29) is 11.8 Å². The van der Waals surface area contributed by atoms with E-state index in [1.165, 1.54) is 64.2 Å². The van der Waals surface area contributed by atoms with Crippen molar-refractivity contribution in [3.8, 4) is 0 Å². The first kappa shape index (κ1) is 29.3. The molecule has 0 spiro atoms. The van der Waals surface area contributed by atoms with E-state index in [1.54, 1.807) is 7.05 Å². The van der Waals surface area contributed by atoms with E-state index in [9.17, 15) is 9.59 Å². The van der Waals surface area contributed by atoms with Crippen LogP contribution in [0, 0.1) is 5.92 Å². The van der Waals surface area contributed by atoms with E-state index in [1.807, 2.05) is 6.92 Å². The van der Waals surface area contributed by atoms with Crippen molar-refractivity contribution in [1.29, 1.82) is 0 Å². The summed E-state index contributed by atoms with van der Waals surface area (Å²) < 4.78 is 0. The number of nitrogens with one attached hydrogen (secondary N) is 1. The van der Waals surface area contributed by atoms with Crippen LogP contribution >= 0.6 is 0 Å². The number of carbonyl (C=O) groups excluding carboxylic acids is 2. The number of Topliss-reactive ketones (excluding diaryl/α,β-unsaturated/α-hetero) is 1. The van der Waals surface area contributed by atoms with Gasteiger partial charge in [0.2, 0.25) is 5.91 Å². The Labute approximate surface area is 175 Å². The Hall–Kier alpha value is -0.900. The van der Waals surface area contributed by atoms with Gasteiger partial charge in [-0.3, -0.25) is 9.59 Å². The molecule has 1 atom stereocenters. The standard InChI is InChI=1S/C15H31NO.C9H19NO/c1-3-4-5-6-7-8-9-12-15(17)14(2)11-10-13-16;1-3-4-5-6-7-8-9(11)10-2/h14H,3-13,16H2,1-2H3;3-8H2,1-2H3,(H,10,11). The van der Waals surface area contributed by atoms with Crippen LogP contribution < -0.4 is 11.1 Å². The minimum atomic E-state index is 0.168. The van der Waals surface area contributed by atoms with Crippen LogP contribution in [0.3, 0.4) is 0 Å². The predicted molar refractivity (Wildman–Crippen MR) is 123 cm³/mol. The van der Waals surface area contributed by atoms with Crippen molar-refractivity contribution in [2.45, 2.75) is 124 Å². The van der Waals surface area contributed by atoms with Crippen LogP contribution in [0.25, 0.3) is 0 Å². The van der Waals surface area contributed by atoms with Crippen molar-refractivity contribution < 1.29 is 9.59 Å². The van der Waals surface area contributed by atoms with Gasteiger partial charge in [-0.15, -0.1) is 0 Å². The molecule has 0 aliphatic heterocycles. The molecular weight excluding hydrogens is 348 g/mol. The molecule has 1 unspecified atom stereocenters. The monoisotopic (exact) mass is 398 g/mol. The average Bonchev–Trinajstić information content (AvgIpc) is 2.71. The minimum absolute atomic E-state index is 0.168. The van der Waals surface area contributed by atoms with E-state index < -0.39 is 0 Å². The molecule has 0 radical (unpaired) electrons. The maximum Gasteiger partial charge on any atom is 0.219 e. The molecule has 0 aromatic carbocycles. The molecule has 0 aliphatic carbocycles. The van der Waals surface area contributed by atoms with Crippen molar-refractivity contribution in [3.63, 3.8) is 0 Å². The van der Waals surface area contributed by atoms with Crippen LogP contribution in [0.1, 0.15) is 124 Å². The molecule has 0 saturated heterocycles. The van der Waals surface area contributed by atoms with Gasteiger partial charge in [0.05, 0.1) is 0 Å². The van der Waals surface area contributed by atoms with Crippen LogP contribution in [-0.2, 0) is 9.59 Å². The summed E-state index contributed by atoms with van der Waals surface area (Å²) >= 11 is 0. The summed E-state index contributed by atoms with van der Waals surface area (Å²) in [7, 11) is 1.69. The molecule has 0 saturated carbocycles. The lowest BCUT2D eigenvalue weighted by Gasteiger charge is -2.09. The van der Waals surface area contributed by atoms with Gasteiger partial charge in [0.1, 0.15) is 5.78 Å². The third-order valence-corrected chi connectivity index (χ3v) is 5.20. The van der Waals surface area contributed by atoms with Crippen molar-refractivity contribution in [2.24, 2.45) is 11.7 Å². The summed E-state index contributed by atoms with van der Waals surface area (Å²) in [5.74, 6) is 0.826. The largest absolute Gasteiger partial charge is 0.359 e. The third-order valence-electron chi connectivity index (χ3n) is 5.20. The van der Waals surface area contributed by atoms with Crippen molar-refractivity contribution in [3.05, 3.63) is 0 Å². The van der Waals surface area contributed by atoms with E-state index in [0.717, 1.165) is 32.1 Å². The highest BCUT2D eigenvalue weighted by Crippen LogP contribution is 2.13. The number of rotatable bonds is 18. The van der Waals surface area contributed by atoms with Gasteiger partial charge in [-0.25, -0.2) is 0 Å². The summed E-state index contributed by atoms with van der Waals surface area (Å²) in [6.45, 7) is 7.18. The highest BCUT2D eigenvalue weighted by atomic mass is 16.1. The fourth-order valence-corrected chi connectivity index (χ4v) is 3.10. The lowest BCUT2D eigenvalue weighted by Crippen LogP contribution is -2.16. The van der Waals surface area contributed by atoms with Gasteiger partial charge in [0.15, 0.2) is 0 Å². The Morgan fingerprint density at radius 2 is 1.21 bits per heavy atom. The summed E-state index contributed by atoms with van der Waals surface area (Å²) in [4.78, 5) is 22.5. The van der Waals surface area contributed by atoms with Gasteiger partial charge in [-0.05, 0) is 32.2 Å². The zero-order chi connectivity index (χ0) is 21.5. The molecule has 1 amide bonds. The Balaban J connectivity index is 0. The molecule has 0 aliphatic rings. The molecule has 3 N–H and O–H groups in total. The normalized spacial score (nSPS) is 11.5. The topological polar surface area (TPSA) is 72.2 Å². The molecule has 0 fully saturated rings. The Morgan fingerprint density at radius 3 is 1.68 bits per heavy atom. The van der Waals surface area contributed by atoms with E-state index >= 15 is 0 Å². The van der Waals surface area contributed by atoms with Crippen LogP contribution in [0.4, 0.5) is 0 Å². The van der Waals surface area contributed by atoms with Crippen molar-refractivity contribution >= 4 is 11.7 Å². The Kier molecular flexibility index (Phi) is 25.3. The summed E-state index contributed by atoms with van der Waals surface area (Å²) in [6.07, 6.45) is 18.4. The zero-order valence-corrected chi connectivity index (χ0v) is 19.5. The highest BCUT2D eigenvalue weighted by molar-refractivity contribution is 5.80. The van der Waals surface area contributed by atoms with Crippen molar-refractivity contribution in [1.82, 2.24) is 5.32 Å². The molecular formula is C24H50N2O2. The van der Waals surface area contributed by atoms with E-state index in [4.69, 9.17) is 5.73 Å². The van der Waals surface area contributed by atoms with Crippen LogP contribution in [-0.4, -0.2) is 25.3 Å². The van der Waals surface area contributed by atoms with Crippen LogP contribution in [0.15, 0.2) is 0 Å². The number of hydrogen-bond donors (Lipinski definition) is 2. The first-order chi connectivity index (χ1) is 13.5. The Morgan fingerprint density at radius 1 is 0.750 bits per heavy atom. The molecule has 0 bridgehead atoms. The quantitative estimate of drug-likeness (QED) is 0.271. The number of ketones is 1. The highest BCUT2D eigenvalue weighted by Gasteiger charge is 2.11.